The Labute approximate surface area is 127 Å². The molecule has 1 aromatic heterocycles. The van der Waals surface area contributed by atoms with Gasteiger partial charge in [-0.25, -0.2) is 4.98 Å². The molecule has 0 fully saturated rings. The third-order valence-corrected chi connectivity index (χ3v) is 3.34. The number of benzene rings is 2. The smallest absolute Gasteiger partial charge is 0.227 e. The van der Waals surface area contributed by atoms with Gasteiger partial charge < -0.3 is 14.8 Å². The first-order valence-corrected chi connectivity index (χ1v) is 7.02. The lowest BCUT2D eigenvalue weighted by Gasteiger charge is -2.11. The van der Waals surface area contributed by atoms with Gasteiger partial charge in [-0.15, -0.1) is 0 Å². The van der Waals surface area contributed by atoms with Crippen LogP contribution in [0.3, 0.4) is 0 Å². The first-order chi connectivity index (χ1) is 10.6. The van der Waals surface area contributed by atoms with Crippen molar-refractivity contribution in [3.05, 3.63) is 60.0 Å². The lowest BCUT2D eigenvalue weighted by molar-refractivity contribution is -0.118. The minimum Gasteiger partial charge on any atom is -0.441 e. The standard InChI is InChI=1S/C17H16N2O3/c1-11-18-14-8-7-13(9-16(14)22-11)19-17(21)10-15(20)12-5-3-2-4-6-12/h2-9,15,20H,10H2,1H3,(H,19,21). The fourth-order valence-corrected chi connectivity index (χ4v) is 2.30. The Bertz CT molecular complexity index is 796. The number of aromatic nitrogens is 1. The van der Waals surface area contributed by atoms with E-state index in [1.807, 2.05) is 18.2 Å². The number of aliphatic hydroxyl groups is 1. The van der Waals surface area contributed by atoms with Gasteiger partial charge in [-0.05, 0) is 17.7 Å². The summed E-state index contributed by atoms with van der Waals surface area (Å²) in [6.07, 6.45) is -0.824. The molecule has 0 radical (unpaired) electrons. The quantitative estimate of drug-likeness (QED) is 0.775. The molecule has 1 unspecified atom stereocenters. The van der Waals surface area contributed by atoms with Gasteiger partial charge in [0.1, 0.15) is 5.52 Å². The van der Waals surface area contributed by atoms with Gasteiger partial charge in [-0.1, -0.05) is 30.3 Å². The predicted octanol–water partition coefficient (Wildman–Crippen LogP) is 3.20. The average Bonchev–Trinajstić information content (AvgIpc) is 2.87. The van der Waals surface area contributed by atoms with Crippen LogP contribution >= 0.6 is 0 Å². The zero-order valence-corrected chi connectivity index (χ0v) is 12.1. The molecule has 3 aromatic rings. The summed E-state index contributed by atoms with van der Waals surface area (Å²) in [5.41, 5.74) is 2.71. The highest BCUT2D eigenvalue weighted by Gasteiger charge is 2.13. The van der Waals surface area contributed by atoms with E-state index < -0.39 is 6.10 Å². The van der Waals surface area contributed by atoms with Gasteiger partial charge in [0.05, 0.1) is 12.5 Å². The van der Waals surface area contributed by atoms with E-state index in [2.05, 4.69) is 10.3 Å². The van der Waals surface area contributed by atoms with Crippen LogP contribution in [0.2, 0.25) is 0 Å². The van der Waals surface area contributed by atoms with E-state index in [1.54, 1.807) is 37.3 Å². The average molecular weight is 296 g/mol. The number of aryl methyl sites for hydroxylation is 1. The van der Waals surface area contributed by atoms with Crippen molar-refractivity contribution in [1.29, 1.82) is 0 Å². The van der Waals surface area contributed by atoms with Crippen molar-refractivity contribution in [2.45, 2.75) is 19.4 Å². The molecule has 2 N–H and O–H groups in total. The van der Waals surface area contributed by atoms with Gasteiger partial charge in [-0.2, -0.15) is 0 Å². The minimum atomic E-state index is -0.822. The van der Waals surface area contributed by atoms with Crippen molar-refractivity contribution >= 4 is 22.7 Å². The SMILES string of the molecule is Cc1nc2ccc(NC(=O)CC(O)c3ccccc3)cc2o1. The molecule has 0 spiro atoms. The molecule has 22 heavy (non-hydrogen) atoms. The van der Waals surface area contributed by atoms with Crippen molar-refractivity contribution in [1.82, 2.24) is 4.98 Å². The Morgan fingerprint density at radius 1 is 1.27 bits per heavy atom. The summed E-state index contributed by atoms with van der Waals surface area (Å²) in [6, 6.07) is 14.4. The molecular formula is C17H16N2O3. The maximum Gasteiger partial charge on any atom is 0.227 e. The Morgan fingerprint density at radius 2 is 2.05 bits per heavy atom. The molecule has 0 aliphatic rings. The Hall–Kier alpha value is -2.66. The molecule has 0 saturated carbocycles. The number of anilines is 1. The summed E-state index contributed by atoms with van der Waals surface area (Å²) in [4.78, 5) is 16.2. The van der Waals surface area contributed by atoms with Crippen LogP contribution in [0, 0.1) is 6.92 Å². The summed E-state index contributed by atoms with van der Waals surface area (Å²) < 4.78 is 5.43. The summed E-state index contributed by atoms with van der Waals surface area (Å²) in [5.74, 6) is 0.324. The second-order valence-electron chi connectivity index (χ2n) is 5.09. The van der Waals surface area contributed by atoms with Crippen LogP contribution < -0.4 is 5.32 Å². The molecule has 1 heterocycles. The lowest BCUT2D eigenvalue weighted by Crippen LogP contribution is -2.15. The van der Waals surface area contributed by atoms with Crippen molar-refractivity contribution in [2.24, 2.45) is 0 Å². The third-order valence-electron chi connectivity index (χ3n) is 3.34. The van der Waals surface area contributed by atoms with E-state index in [9.17, 15) is 9.90 Å². The van der Waals surface area contributed by atoms with E-state index in [0.717, 1.165) is 11.1 Å². The number of rotatable bonds is 4. The molecule has 0 aliphatic carbocycles. The van der Waals surface area contributed by atoms with Gasteiger partial charge in [0.15, 0.2) is 11.5 Å². The second kappa shape index (κ2) is 5.99. The number of aliphatic hydroxyl groups excluding tert-OH is 1. The topological polar surface area (TPSA) is 75.4 Å². The van der Waals surface area contributed by atoms with E-state index in [-0.39, 0.29) is 12.3 Å². The molecule has 3 rings (SSSR count). The molecular weight excluding hydrogens is 280 g/mol. The van der Waals surface area contributed by atoms with Gasteiger partial charge in [0.25, 0.3) is 0 Å². The maximum atomic E-state index is 12.0. The zero-order valence-electron chi connectivity index (χ0n) is 12.1. The molecule has 2 aromatic carbocycles. The monoisotopic (exact) mass is 296 g/mol. The highest BCUT2D eigenvalue weighted by Crippen LogP contribution is 2.21. The van der Waals surface area contributed by atoms with Crippen LogP contribution in [-0.4, -0.2) is 16.0 Å². The fraction of sp³-hybridized carbons (Fsp3) is 0.176. The van der Waals surface area contributed by atoms with E-state index in [0.29, 0.717) is 17.2 Å². The Balaban J connectivity index is 1.67. The van der Waals surface area contributed by atoms with Crippen LogP contribution in [0.15, 0.2) is 52.9 Å². The molecule has 0 aliphatic heterocycles. The number of amides is 1. The summed E-state index contributed by atoms with van der Waals surface area (Å²) in [6.45, 7) is 1.77. The van der Waals surface area contributed by atoms with Gasteiger partial charge in [-0.3, -0.25) is 4.79 Å². The van der Waals surface area contributed by atoms with Gasteiger partial charge in [0, 0.05) is 18.7 Å². The number of oxazole rings is 1. The molecule has 1 atom stereocenters. The first-order valence-electron chi connectivity index (χ1n) is 7.02. The number of hydrogen-bond acceptors (Lipinski definition) is 4. The molecule has 0 saturated heterocycles. The number of nitrogens with zero attached hydrogens (tertiary/aromatic N) is 1. The predicted molar refractivity (Wildman–Crippen MR) is 83.4 cm³/mol. The number of carbonyl (C=O) groups excluding carboxylic acids is 1. The molecule has 5 nitrogen and oxygen atoms in total. The summed E-state index contributed by atoms with van der Waals surface area (Å²) in [5, 5.41) is 12.8. The normalized spacial score (nSPS) is 12.3. The zero-order chi connectivity index (χ0) is 15.5. The van der Waals surface area contributed by atoms with Crippen molar-refractivity contribution in [2.75, 3.05) is 5.32 Å². The van der Waals surface area contributed by atoms with Crippen LogP contribution in [0.1, 0.15) is 24.0 Å². The first kappa shape index (κ1) is 14.3. The number of fused-ring (bicyclic) bond motifs is 1. The van der Waals surface area contributed by atoms with Crippen LogP contribution in [0.4, 0.5) is 5.69 Å². The third kappa shape index (κ3) is 3.15. The van der Waals surface area contributed by atoms with Crippen molar-refractivity contribution < 1.29 is 14.3 Å². The van der Waals surface area contributed by atoms with Gasteiger partial charge in [0.2, 0.25) is 5.91 Å². The minimum absolute atomic E-state index is 0.00250. The summed E-state index contributed by atoms with van der Waals surface area (Å²) in [7, 11) is 0. The molecule has 1 amide bonds. The number of carbonyl (C=O) groups is 1. The maximum absolute atomic E-state index is 12.0. The van der Waals surface area contributed by atoms with Gasteiger partial charge >= 0.3 is 0 Å². The van der Waals surface area contributed by atoms with Crippen molar-refractivity contribution in [3.63, 3.8) is 0 Å². The van der Waals surface area contributed by atoms with Crippen LogP contribution in [-0.2, 0) is 4.79 Å². The molecule has 0 bridgehead atoms. The Morgan fingerprint density at radius 3 is 2.82 bits per heavy atom. The Kier molecular flexibility index (Phi) is 3.89. The second-order valence-corrected chi connectivity index (χ2v) is 5.09. The molecule has 112 valence electrons. The number of hydrogen-bond donors (Lipinski definition) is 2. The summed E-state index contributed by atoms with van der Waals surface area (Å²) >= 11 is 0. The van der Waals surface area contributed by atoms with Crippen LogP contribution in [0.25, 0.3) is 11.1 Å². The van der Waals surface area contributed by atoms with Crippen molar-refractivity contribution in [3.8, 4) is 0 Å². The number of nitrogens with one attached hydrogen (secondary N) is 1. The highest BCUT2D eigenvalue weighted by molar-refractivity contribution is 5.93. The fourth-order valence-electron chi connectivity index (χ4n) is 2.30. The highest BCUT2D eigenvalue weighted by atomic mass is 16.3. The largest absolute Gasteiger partial charge is 0.441 e. The van der Waals surface area contributed by atoms with E-state index >= 15 is 0 Å². The molecule has 5 heteroatoms. The van der Waals surface area contributed by atoms with Crippen LogP contribution in [0.5, 0.6) is 0 Å². The lowest BCUT2D eigenvalue weighted by atomic mass is 10.1. The van der Waals surface area contributed by atoms with E-state index in [4.69, 9.17) is 4.42 Å². The van der Waals surface area contributed by atoms with E-state index in [1.165, 1.54) is 0 Å².